The highest BCUT2D eigenvalue weighted by Crippen LogP contribution is 2.08. The Balaban J connectivity index is 3.11. The number of esters is 2. The molecule has 2 aromatic rings. The first kappa shape index (κ1) is 15.8. The number of nitrogens with zero attached hydrogens (tertiary/aromatic N) is 2. The number of nitriles is 2. The van der Waals surface area contributed by atoms with Crippen LogP contribution < -0.4 is 10.7 Å². The van der Waals surface area contributed by atoms with Gasteiger partial charge in [-0.25, -0.2) is 9.59 Å². The normalized spacial score (nSPS) is 12.7. The molecule has 23 heavy (non-hydrogen) atoms. The fourth-order valence-corrected chi connectivity index (χ4v) is 2.18. The number of carbonyl (C=O) groups is 2. The summed E-state index contributed by atoms with van der Waals surface area (Å²) in [7, 11) is 2.32. The van der Waals surface area contributed by atoms with Gasteiger partial charge in [0.15, 0.2) is 11.1 Å². The summed E-state index contributed by atoms with van der Waals surface area (Å²) in [5.41, 5.74) is -0.505. The Kier molecular flexibility index (Phi) is 4.44. The molecular weight excluding hydrogens is 298 g/mol. The number of aromatic amines is 1. The molecule has 114 valence electrons. The van der Waals surface area contributed by atoms with Crippen molar-refractivity contribution in [3.63, 3.8) is 0 Å². The van der Waals surface area contributed by atoms with Gasteiger partial charge in [0, 0.05) is 10.8 Å². The molecule has 0 spiro atoms. The maximum Gasteiger partial charge on any atom is 0.350 e. The van der Waals surface area contributed by atoms with Gasteiger partial charge in [-0.2, -0.15) is 10.5 Å². The first-order valence-electron chi connectivity index (χ1n) is 6.41. The van der Waals surface area contributed by atoms with Crippen LogP contribution in [0.2, 0.25) is 0 Å². The van der Waals surface area contributed by atoms with Crippen LogP contribution in [0.3, 0.4) is 0 Å². The average Bonchev–Trinajstić information content (AvgIpc) is 2.95. The van der Waals surface area contributed by atoms with Crippen molar-refractivity contribution in [1.29, 1.82) is 10.5 Å². The summed E-state index contributed by atoms with van der Waals surface area (Å²) in [6, 6.07) is 10.3. The number of benzene rings is 1. The van der Waals surface area contributed by atoms with E-state index < -0.39 is 11.9 Å². The van der Waals surface area contributed by atoms with Gasteiger partial charge in [0.05, 0.1) is 24.9 Å². The number of nitrogens with one attached hydrogen (secondary N) is 1. The average molecular weight is 309 g/mol. The summed E-state index contributed by atoms with van der Waals surface area (Å²) in [4.78, 5) is 26.3. The van der Waals surface area contributed by atoms with Gasteiger partial charge in [0.1, 0.15) is 12.1 Å². The van der Waals surface area contributed by atoms with Crippen molar-refractivity contribution >= 4 is 33.9 Å². The Morgan fingerprint density at radius 1 is 0.913 bits per heavy atom. The van der Waals surface area contributed by atoms with E-state index in [0.29, 0.717) is 10.8 Å². The van der Waals surface area contributed by atoms with Crippen LogP contribution in [0, 0.1) is 22.7 Å². The van der Waals surface area contributed by atoms with Gasteiger partial charge in [-0.3, -0.25) is 0 Å². The van der Waals surface area contributed by atoms with Crippen LogP contribution in [0.5, 0.6) is 0 Å². The van der Waals surface area contributed by atoms with E-state index in [1.54, 1.807) is 36.4 Å². The largest absolute Gasteiger partial charge is 0.465 e. The van der Waals surface area contributed by atoms with Crippen molar-refractivity contribution in [1.82, 2.24) is 4.98 Å². The van der Waals surface area contributed by atoms with E-state index in [4.69, 9.17) is 0 Å². The second kappa shape index (κ2) is 6.46. The Labute approximate surface area is 130 Å². The van der Waals surface area contributed by atoms with Gasteiger partial charge in [-0.1, -0.05) is 24.3 Å². The Bertz CT molecular complexity index is 923. The lowest BCUT2D eigenvalue weighted by atomic mass is 10.1. The molecule has 1 aromatic heterocycles. The van der Waals surface area contributed by atoms with Gasteiger partial charge >= 0.3 is 11.9 Å². The van der Waals surface area contributed by atoms with Crippen LogP contribution in [0.4, 0.5) is 0 Å². The number of methoxy groups -OCH3 is 2. The van der Waals surface area contributed by atoms with Crippen molar-refractivity contribution in [3.05, 3.63) is 35.0 Å². The molecule has 1 N–H and O–H groups in total. The number of hydrogen-bond acceptors (Lipinski definition) is 6. The summed E-state index contributed by atoms with van der Waals surface area (Å²) in [6.45, 7) is 0. The predicted octanol–water partition coefficient (Wildman–Crippen LogP) is -0.138. The van der Waals surface area contributed by atoms with Crippen LogP contribution in [0.25, 0.3) is 21.9 Å². The number of ether oxygens (including phenoxy) is 2. The van der Waals surface area contributed by atoms with Crippen molar-refractivity contribution in [2.24, 2.45) is 0 Å². The summed E-state index contributed by atoms with van der Waals surface area (Å²) in [6.07, 6.45) is 0. The number of rotatable bonds is 2. The van der Waals surface area contributed by atoms with Gasteiger partial charge in [-0.15, -0.1) is 0 Å². The van der Waals surface area contributed by atoms with E-state index >= 15 is 0 Å². The van der Waals surface area contributed by atoms with E-state index in [9.17, 15) is 20.1 Å². The third-order valence-corrected chi connectivity index (χ3v) is 3.22. The quantitative estimate of drug-likeness (QED) is 0.772. The summed E-state index contributed by atoms with van der Waals surface area (Å²) >= 11 is 0. The van der Waals surface area contributed by atoms with E-state index in [2.05, 4.69) is 14.5 Å². The maximum absolute atomic E-state index is 11.8. The third kappa shape index (κ3) is 2.63. The molecule has 0 saturated carbocycles. The van der Waals surface area contributed by atoms with Crippen molar-refractivity contribution in [3.8, 4) is 12.1 Å². The molecule has 0 aliphatic rings. The molecule has 0 radical (unpaired) electrons. The van der Waals surface area contributed by atoms with Crippen molar-refractivity contribution in [2.45, 2.75) is 0 Å². The second-order valence-electron chi connectivity index (χ2n) is 4.38. The fourth-order valence-electron chi connectivity index (χ4n) is 2.18. The van der Waals surface area contributed by atoms with Crippen LogP contribution in [0.1, 0.15) is 0 Å². The minimum absolute atomic E-state index is 0.182. The standard InChI is InChI=1S/C16H11N3O4/c1-22-15(20)11(7-17)13-9-5-3-4-6-10(9)14(19-13)12(8-18)16(21)23-2/h3-6,19H,1-2H3/b13-11-,14-12-. The molecule has 2 rings (SSSR count). The highest BCUT2D eigenvalue weighted by atomic mass is 16.5. The Morgan fingerprint density at radius 2 is 1.30 bits per heavy atom. The minimum atomic E-state index is -0.817. The number of fused-ring (bicyclic) bond motifs is 1. The molecule has 7 nitrogen and oxygen atoms in total. The molecule has 7 heteroatoms. The lowest BCUT2D eigenvalue weighted by molar-refractivity contribution is -0.134. The second-order valence-corrected chi connectivity index (χ2v) is 4.38. The first-order valence-corrected chi connectivity index (χ1v) is 6.41. The lowest BCUT2D eigenvalue weighted by Crippen LogP contribution is -2.21. The van der Waals surface area contributed by atoms with E-state index in [1.165, 1.54) is 0 Å². The van der Waals surface area contributed by atoms with Crippen LogP contribution in [-0.2, 0) is 19.1 Å². The number of hydrogen-bond donors (Lipinski definition) is 1. The molecule has 0 unspecified atom stereocenters. The zero-order chi connectivity index (χ0) is 17.0. The first-order chi connectivity index (χ1) is 11.1. The molecule has 1 heterocycles. The molecule has 0 fully saturated rings. The van der Waals surface area contributed by atoms with Crippen molar-refractivity contribution < 1.29 is 19.1 Å². The molecule has 0 aliphatic heterocycles. The molecule has 0 atom stereocenters. The zero-order valence-electron chi connectivity index (χ0n) is 12.3. The van der Waals surface area contributed by atoms with Gasteiger partial charge in [0.2, 0.25) is 0 Å². The predicted molar refractivity (Wildman–Crippen MR) is 79.6 cm³/mol. The molecule has 0 saturated heterocycles. The van der Waals surface area contributed by atoms with Crippen molar-refractivity contribution in [2.75, 3.05) is 14.2 Å². The SMILES string of the molecule is COC(=O)/C(C#N)=c1\[nH]/c(=C(/C#N)C(=O)OC)c2ccccc12. The van der Waals surface area contributed by atoms with E-state index in [-0.39, 0.29) is 21.8 Å². The monoisotopic (exact) mass is 309 g/mol. The zero-order valence-corrected chi connectivity index (χ0v) is 12.3. The third-order valence-electron chi connectivity index (χ3n) is 3.22. The smallest absolute Gasteiger partial charge is 0.350 e. The minimum Gasteiger partial charge on any atom is -0.465 e. The van der Waals surface area contributed by atoms with Crippen LogP contribution in [0.15, 0.2) is 24.3 Å². The molecule has 1 aromatic carbocycles. The molecular formula is C16H11N3O4. The van der Waals surface area contributed by atoms with E-state index in [1.807, 2.05) is 0 Å². The fraction of sp³-hybridized carbons (Fsp3) is 0.125. The highest BCUT2D eigenvalue weighted by Gasteiger charge is 2.17. The van der Waals surface area contributed by atoms with Gasteiger partial charge in [-0.05, 0) is 0 Å². The van der Waals surface area contributed by atoms with Crippen LogP contribution in [-0.4, -0.2) is 31.1 Å². The van der Waals surface area contributed by atoms with Crippen LogP contribution >= 0.6 is 0 Å². The summed E-state index contributed by atoms with van der Waals surface area (Å²) < 4.78 is 9.18. The Morgan fingerprint density at radius 3 is 1.61 bits per heavy atom. The molecule has 0 aliphatic carbocycles. The molecule has 0 amide bonds. The van der Waals surface area contributed by atoms with Gasteiger partial charge < -0.3 is 14.5 Å². The highest BCUT2D eigenvalue weighted by molar-refractivity contribution is 6.18. The summed E-state index contributed by atoms with van der Waals surface area (Å²) in [5, 5.41) is 19.9. The number of carbonyl (C=O) groups excluding carboxylic acids is 2. The topological polar surface area (TPSA) is 116 Å². The maximum atomic E-state index is 11.8. The molecule has 0 bridgehead atoms. The van der Waals surface area contributed by atoms with E-state index in [0.717, 1.165) is 14.2 Å². The number of aromatic nitrogens is 1. The summed E-state index contributed by atoms with van der Waals surface area (Å²) in [5.74, 6) is -1.63. The Hall–Kier alpha value is -3.58. The van der Waals surface area contributed by atoms with Gasteiger partial charge in [0.25, 0.3) is 0 Å². The number of H-pyrrole nitrogens is 1. The lowest BCUT2D eigenvalue weighted by Gasteiger charge is -1.94.